The number of hydrogen-bond acceptors (Lipinski definition) is 3. The van der Waals surface area contributed by atoms with Crippen LogP contribution in [0.25, 0.3) is 0 Å². The van der Waals surface area contributed by atoms with Gasteiger partial charge >= 0.3 is 0 Å². The smallest absolute Gasteiger partial charge is 0.126 e. The van der Waals surface area contributed by atoms with Crippen molar-refractivity contribution in [1.29, 1.82) is 5.26 Å². The predicted octanol–water partition coefficient (Wildman–Crippen LogP) is 1.82. The molecular weight excluding hydrogens is 215 g/mol. The molecule has 1 aromatic rings. The van der Waals surface area contributed by atoms with Crippen LogP contribution in [0.2, 0.25) is 0 Å². The maximum absolute atomic E-state index is 13.0. The Morgan fingerprint density at radius 1 is 1.60 bits per heavy atom. The highest BCUT2D eigenvalue weighted by atomic mass is 32.2. The minimum absolute atomic E-state index is 0.214. The molecule has 0 amide bonds. The largest absolute Gasteiger partial charge is 0.399 e. The first-order valence-corrected chi connectivity index (χ1v) is 5.66. The van der Waals surface area contributed by atoms with Crippen molar-refractivity contribution in [3.05, 3.63) is 24.0 Å². The van der Waals surface area contributed by atoms with Crippen LogP contribution in [0.5, 0.6) is 0 Å². The molecule has 0 fully saturated rings. The van der Waals surface area contributed by atoms with Crippen molar-refractivity contribution in [2.24, 2.45) is 0 Å². The van der Waals surface area contributed by atoms with Gasteiger partial charge in [-0.25, -0.2) is 4.39 Å². The Hall–Kier alpha value is -1.41. The van der Waals surface area contributed by atoms with Gasteiger partial charge in [0.15, 0.2) is 0 Å². The van der Waals surface area contributed by atoms with Crippen molar-refractivity contribution in [1.82, 2.24) is 0 Å². The summed E-state index contributed by atoms with van der Waals surface area (Å²) in [6, 6.07) is 5.65. The normalized spacial score (nSPS) is 14.2. The van der Waals surface area contributed by atoms with Crippen LogP contribution in [-0.4, -0.2) is 9.46 Å². The molecule has 1 rings (SSSR count). The van der Waals surface area contributed by atoms with E-state index in [0.29, 0.717) is 6.42 Å². The average molecular weight is 226 g/mol. The van der Waals surface area contributed by atoms with Gasteiger partial charge in [-0.05, 0) is 24.6 Å². The standard InChI is InChI=1S/C10H11FN2OS/c1-2-9(6-12)15(14)10-4-7(11)3-8(13)5-10/h3-5,9H,2,13H2,1H3. The maximum Gasteiger partial charge on any atom is 0.126 e. The second-order valence-corrected chi connectivity index (χ2v) is 4.68. The summed E-state index contributed by atoms with van der Waals surface area (Å²) in [5.74, 6) is -0.536. The Kier molecular flexibility index (Phi) is 3.81. The summed E-state index contributed by atoms with van der Waals surface area (Å²) in [6.07, 6.45) is 0.458. The van der Waals surface area contributed by atoms with Gasteiger partial charge < -0.3 is 5.73 Å². The van der Waals surface area contributed by atoms with E-state index in [9.17, 15) is 8.60 Å². The SMILES string of the molecule is CCC(C#N)S(=O)c1cc(N)cc(F)c1. The molecule has 2 atom stereocenters. The van der Waals surface area contributed by atoms with Crippen LogP contribution in [0, 0.1) is 17.1 Å². The fourth-order valence-electron chi connectivity index (χ4n) is 1.16. The Morgan fingerprint density at radius 3 is 2.73 bits per heavy atom. The Morgan fingerprint density at radius 2 is 2.27 bits per heavy atom. The summed E-state index contributed by atoms with van der Waals surface area (Å²) < 4.78 is 24.7. The molecule has 3 nitrogen and oxygen atoms in total. The van der Waals surface area contributed by atoms with E-state index in [1.54, 1.807) is 6.92 Å². The van der Waals surface area contributed by atoms with Gasteiger partial charge in [0.05, 0.1) is 16.9 Å². The molecule has 0 aromatic heterocycles. The fraction of sp³-hybridized carbons (Fsp3) is 0.300. The lowest BCUT2D eigenvalue weighted by Crippen LogP contribution is -2.12. The van der Waals surface area contributed by atoms with E-state index in [0.717, 1.165) is 12.1 Å². The van der Waals surface area contributed by atoms with E-state index < -0.39 is 21.9 Å². The quantitative estimate of drug-likeness (QED) is 0.799. The van der Waals surface area contributed by atoms with Gasteiger partial charge in [0.2, 0.25) is 0 Å². The highest BCUT2D eigenvalue weighted by molar-refractivity contribution is 7.86. The number of halogens is 1. The summed E-state index contributed by atoms with van der Waals surface area (Å²) >= 11 is 0. The molecule has 2 N–H and O–H groups in total. The van der Waals surface area contributed by atoms with Gasteiger partial charge in [0.25, 0.3) is 0 Å². The van der Waals surface area contributed by atoms with Crippen LogP contribution in [-0.2, 0) is 10.8 Å². The summed E-state index contributed by atoms with van der Waals surface area (Å²) in [5, 5.41) is 8.11. The molecular formula is C10H11FN2OS. The lowest BCUT2D eigenvalue weighted by Gasteiger charge is -2.07. The molecule has 0 radical (unpaired) electrons. The fourth-order valence-corrected chi connectivity index (χ4v) is 2.36. The summed E-state index contributed by atoms with van der Waals surface area (Å²) in [5.41, 5.74) is 5.64. The molecule has 80 valence electrons. The molecule has 0 heterocycles. The topological polar surface area (TPSA) is 66.9 Å². The first-order valence-electron chi connectivity index (χ1n) is 4.44. The molecule has 0 bridgehead atoms. The van der Waals surface area contributed by atoms with Crippen LogP contribution in [0.15, 0.2) is 23.1 Å². The first kappa shape index (κ1) is 11.7. The third kappa shape index (κ3) is 2.77. The van der Waals surface area contributed by atoms with Crippen molar-refractivity contribution in [3.63, 3.8) is 0 Å². The second kappa shape index (κ2) is 4.89. The number of nitrogen functional groups attached to an aromatic ring is 1. The number of nitriles is 1. The van der Waals surface area contributed by atoms with Crippen LogP contribution < -0.4 is 5.73 Å². The van der Waals surface area contributed by atoms with E-state index in [2.05, 4.69) is 0 Å². The van der Waals surface area contributed by atoms with Gasteiger partial charge in [0.1, 0.15) is 11.1 Å². The Labute approximate surface area is 90.2 Å². The molecule has 0 aliphatic heterocycles. The van der Waals surface area contributed by atoms with Gasteiger partial charge in [-0.2, -0.15) is 5.26 Å². The summed E-state index contributed by atoms with van der Waals surface area (Å²) in [7, 11) is -1.52. The highest BCUT2D eigenvalue weighted by Crippen LogP contribution is 2.18. The van der Waals surface area contributed by atoms with Crippen molar-refractivity contribution < 1.29 is 8.60 Å². The second-order valence-electron chi connectivity index (χ2n) is 3.04. The minimum atomic E-state index is -1.52. The lowest BCUT2D eigenvalue weighted by atomic mass is 10.3. The van der Waals surface area contributed by atoms with E-state index in [1.165, 1.54) is 6.07 Å². The van der Waals surface area contributed by atoms with Crippen molar-refractivity contribution in [2.45, 2.75) is 23.5 Å². The molecule has 2 unspecified atom stereocenters. The van der Waals surface area contributed by atoms with E-state index in [4.69, 9.17) is 11.0 Å². The van der Waals surface area contributed by atoms with Crippen molar-refractivity contribution in [3.8, 4) is 6.07 Å². The predicted molar refractivity (Wildman–Crippen MR) is 56.9 cm³/mol. The van der Waals surface area contributed by atoms with E-state index >= 15 is 0 Å². The zero-order chi connectivity index (χ0) is 11.4. The number of nitrogens with two attached hydrogens (primary N) is 1. The molecule has 0 aliphatic carbocycles. The Balaban J connectivity index is 3.06. The maximum atomic E-state index is 13.0. The number of anilines is 1. The lowest BCUT2D eigenvalue weighted by molar-refractivity contribution is 0.623. The molecule has 0 aliphatic rings. The van der Waals surface area contributed by atoms with Crippen LogP contribution in [0.1, 0.15) is 13.3 Å². The number of nitrogens with zero attached hydrogens (tertiary/aromatic N) is 1. The third-order valence-corrected chi connectivity index (χ3v) is 3.56. The monoisotopic (exact) mass is 226 g/mol. The number of hydrogen-bond donors (Lipinski definition) is 1. The first-order chi connectivity index (χ1) is 7.08. The summed E-state index contributed by atoms with van der Waals surface area (Å²) in [4.78, 5) is 0.265. The van der Waals surface area contributed by atoms with Crippen LogP contribution in [0.3, 0.4) is 0 Å². The van der Waals surface area contributed by atoms with Gasteiger partial charge in [-0.1, -0.05) is 6.92 Å². The molecule has 15 heavy (non-hydrogen) atoms. The van der Waals surface area contributed by atoms with Gasteiger partial charge in [0, 0.05) is 10.6 Å². The number of rotatable bonds is 3. The molecule has 1 aromatic carbocycles. The van der Waals surface area contributed by atoms with E-state index in [-0.39, 0.29) is 10.6 Å². The van der Waals surface area contributed by atoms with Crippen molar-refractivity contribution >= 4 is 16.5 Å². The van der Waals surface area contributed by atoms with Gasteiger partial charge in [-0.15, -0.1) is 0 Å². The summed E-state index contributed by atoms with van der Waals surface area (Å²) in [6.45, 7) is 1.76. The molecule has 0 saturated carbocycles. The zero-order valence-electron chi connectivity index (χ0n) is 8.24. The minimum Gasteiger partial charge on any atom is -0.399 e. The van der Waals surface area contributed by atoms with Crippen molar-refractivity contribution in [2.75, 3.05) is 5.73 Å². The Bertz CT molecular complexity index is 408. The molecule has 5 heteroatoms. The van der Waals surface area contributed by atoms with Crippen LogP contribution in [0.4, 0.5) is 10.1 Å². The average Bonchev–Trinajstić information content (AvgIpc) is 2.18. The van der Waals surface area contributed by atoms with E-state index in [1.807, 2.05) is 6.07 Å². The van der Waals surface area contributed by atoms with Crippen LogP contribution >= 0.6 is 0 Å². The zero-order valence-corrected chi connectivity index (χ0v) is 9.05. The molecule has 0 saturated heterocycles. The molecule has 0 spiro atoms. The third-order valence-electron chi connectivity index (χ3n) is 1.90. The highest BCUT2D eigenvalue weighted by Gasteiger charge is 2.16. The van der Waals surface area contributed by atoms with Gasteiger partial charge in [-0.3, -0.25) is 4.21 Å². The number of benzene rings is 1.